The summed E-state index contributed by atoms with van der Waals surface area (Å²) in [5.41, 5.74) is 6.16. The third-order valence-corrected chi connectivity index (χ3v) is 2.51. The highest BCUT2D eigenvalue weighted by molar-refractivity contribution is 5.94. The van der Waals surface area contributed by atoms with Gasteiger partial charge in [-0.1, -0.05) is 6.07 Å². The van der Waals surface area contributed by atoms with Gasteiger partial charge in [-0.05, 0) is 39.0 Å². The van der Waals surface area contributed by atoms with Gasteiger partial charge < -0.3 is 21.1 Å². The molecule has 4 N–H and O–H groups in total. The lowest BCUT2D eigenvalue weighted by molar-refractivity contribution is 0.0954. The van der Waals surface area contributed by atoms with Gasteiger partial charge in [0.25, 0.3) is 5.91 Å². The van der Waals surface area contributed by atoms with Crippen LogP contribution in [0.25, 0.3) is 0 Å². The van der Waals surface area contributed by atoms with Gasteiger partial charge in [0.05, 0.1) is 13.7 Å². The molecule has 0 radical (unpaired) electrons. The Hall–Kier alpha value is -2.24. The Balaban J connectivity index is 2.41. The van der Waals surface area contributed by atoms with Crippen LogP contribution in [0, 0.1) is 0 Å². The molecule has 0 aliphatic carbocycles. The molecule has 0 unspecified atom stereocenters. The predicted octanol–water partition coefficient (Wildman–Crippen LogP) is 1.13. The lowest BCUT2D eigenvalue weighted by Crippen LogP contribution is -2.45. The molecule has 0 bridgehead atoms. The summed E-state index contributed by atoms with van der Waals surface area (Å²) >= 11 is 0. The Labute approximate surface area is 125 Å². The number of nitrogens with two attached hydrogens (primary N) is 1. The van der Waals surface area contributed by atoms with E-state index in [9.17, 15) is 4.79 Å². The van der Waals surface area contributed by atoms with Crippen molar-refractivity contribution < 1.29 is 9.53 Å². The zero-order valence-electron chi connectivity index (χ0n) is 13.1. The van der Waals surface area contributed by atoms with Crippen LogP contribution in [0.4, 0.5) is 0 Å². The lowest BCUT2D eigenvalue weighted by Gasteiger charge is -2.20. The number of hydrogen-bond acceptors (Lipinski definition) is 3. The number of rotatable bonds is 5. The predicted molar refractivity (Wildman–Crippen MR) is 84.7 cm³/mol. The summed E-state index contributed by atoms with van der Waals surface area (Å²) in [4.78, 5) is 16.1. The molecule has 0 atom stereocenters. The average Bonchev–Trinajstić information content (AvgIpc) is 2.41. The number of methoxy groups -OCH3 is 1. The maximum Gasteiger partial charge on any atom is 0.251 e. The van der Waals surface area contributed by atoms with Gasteiger partial charge >= 0.3 is 0 Å². The van der Waals surface area contributed by atoms with Crippen molar-refractivity contribution in [2.24, 2.45) is 10.7 Å². The topological polar surface area (TPSA) is 88.7 Å². The quantitative estimate of drug-likeness (QED) is 0.431. The second kappa shape index (κ2) is 7.52. The Kier molecular flexibility index (Phi) is 6.02. The molecule has 0 fully saturated rings. The van der Waals surface area contributed by atoms with Gasteiger partial charge in [-0.3, -0.25) is 9.79 Å². The second-order valence-electron chi connectivity index (χ2n) is 5.63. The van der Waals surface area contributed by atoms with E-state index in [1.807, 2.05) is 20.8 Å². The van der Waals surface area contributed by atoms with Crippen molar-refractivity contribution >= 4 is 11.9 Å². The zero-order chi connectivity index (χ0) is 15.9. The first-order chi connectivity index (χ1) is 9.81. The second-order valence-corrected chi connectivity index (χ2v) is 5.63. The highest BCUT2D eigenvalue weighted by atomic mass is 16.5. The third-order valence-electron chi connectivity index (χ3n) is 2.51. The highest BCUT2D eigenvalue weighted by Crippen LogP contribution is 2.12. The monoisotopic (exact) mass is 292 g/mol. The molecule has 1 aromatic rings. The van der Waals surface area contributed by atoms with Gasteiger partial charge in [0.15, 0.2) is 5.96 Å². The standard InChI is InChI=1S/C15H24N4O2/c1-15(2,3)19-14(16)18-9-8-17-13(20)11-6-5-7-12(10-11)21-4/h5-7,10H,8-9H2,1-4H3,(H,17,20)(H3,16,18,19). The van der Waals surface area contributed by atoms with Crippen molar-refractivity contribution in [2.45, 2.75) is 26.3 Å². The van der Waals surface area contributed by atoms with Crippen LogP contribution in [0.1, 0.15) is 31.1 Å². The van der Waals surface area contributed by atoms with Crippen molar-refractivity contribution in [3.05, 3.63) is 29.8 Å². The largest absolute Gasteiger partial charge is 0.497 e. The smallest absolute Gasteiger partial charge is 0.251 e. The van der Waals surface area contributed by atoms with Crippen LogP contribution < -0.4 is 21.1 Å². The number of carbonyl (C=O) groups is 1. The summed E-state index contributed by atoms with van der Waals surface area (Å²) in [5.74, 6) is 0.865. The Morgan fingerprint density at radius 2 is 2.10 bits per heavy atom. The molecule has 1 aromatic carbocycles. The van der Waals surface area contributed by atoms with E-state index >= 15 is 0 Å². The SMILES string of the molecule is COc1cccc(C(=O)NCCN=C(N)NC(C)(C)C)c1. The van der Waals surface area contributed by atoms with Gasteiger partial charge in [-0.25, -0.2) is 0 Å². The number of nitrogens with one attached hydrogen (secondary N) is 2. The van der Waals surface area contributed by atoms with E-state index in [1.54, 1.807) is 31.4 Å². The van der Waals surface area contributed by atoms with Gasteiger partial charge in [-0.15, -0.1) is 0 Å². The minimum absolute atomic E-state index is 0.128. The molecular formula is C15H24N4O2. The Morgan fingerprint density at radius 3 is 2.71 bits per heavy atom. The van der Waals surface area contributed by atoms with E-state index in [-0.39, 0.29) is 11.4 Å². The number of benzene rings is 1. The molecular weight excluding hydrogens is 268 g/mol. The van der Waals surface area contributed by atoms with E-state index in [1.165, 1.54) is 0 Å². The summed E-state index contributed by atoms with van der Waals surface area (Å²) in [6, 6.07) is 6.99. The minimum atomic E-state index is -0.161. The molecule has 21 heavy (non-hydrogen) atoms. The fourth-order valence-corrected chi connectivity index (χ4v) is 1.64. The van der Waals surface area contributed by atoms with Crippen LogP contribution in [-0.4, -0.2) is 37.6 Å². The molecule has 0 saturated heterocycles. The summed E-state index contributed by atoms with van der Waals surface area (Å²) in [7, 11) is 1.57. The number of ether oxygens (including phenoxy) is 1. The molecule has 116 valence electrons. The maximum absolute atomic E-state index is 11.9. The van der Waals surface area contributed by atoms with Crippen LogP contribution in [0.5, 0.6) is 5.75 Å². The van der Waals surface area contributed by atoms with E-state index in [0.717, 1.165) is 0 Å². The molecule has 0 aliphatic heterocycles. The van der Waals surface area contributed by atoms with Crippen molar-refractivity contribution in [3.63, 3.8) is 0 Å². The molecule has 1 amide bonds. The Bertz CT molecular complexity index is 507. The van der Waals surface area contributed by atoms with E-state index in [4.69, 9.17) is 10.5 Å². The van der Waals surface area contributed by atoms with Crippen molar-refractivity contribution in [1.29, 1.82) is 0 Å². The fourth-order valence-electron chi connectivity index (χ4n) is 1.64. The van der Waals surface area contributed by atoms with Crippen molar-refractivity contribution in [3.8, 4) is 5.75 Å². The number of nitrogens with zero attached hydrogens (tertiary/aromatic N) is 1. The first kappa shape index (κ1) is 16.8. The average molecular weight is 292 g/mol. The molecule has 0 aromatic heterocycles. The van der Waals surface area contributed by atoms with Crippen LogP contribution >= 0.6 is 0 Å². The minimum Gasteiger partial charge on any atom is -0.497 e. The van der Waals surface area contributed by atoms with Crippen molar-refractivity contribution in [1.82, 2.24) is 10.6 Å². The van der Waals surface area contributed by atoms with Gasteiger partial charge in [-0.2, -0.15) is 0 Å². The maximum atomic E-state index is 11.9. The van der Waals surface area contributed by atoms with E-state index in [0.29, 0.717) is 30.4 Å². The van der Waals surface area contributed by atoms with E-state index in [2.05, 4.69) is 15.6 Å². The fraction of sp³-hybridized carbons (Fsp3) is 0.467. The van der Waals surface area contributed by atoms with Crippen molar-refractivity contribution in [2.75, 3.05) is 20.2 Å². The summed E-state index contributed by atoms with van der Waals surface area (Å²) < 4.78 is 5.08. The lowest BCUT2D eigenvalue weighted by atomic mass is 10.1. The van der Waals surface area contributed by atoms with Crippen LogP contribution in [0.2, 0.25) is 0 Å². The van der Waals surface area contributed by atoms with Crippen LogP contribution in [-0.2, 0) is 0 Å². The summed E-state index contributed by atoms with van der Waals surface area (Å²) in [6.45, 7) is 6.84. The first-order valence-electron chi connectivity index (χ1n) is 6.82. The molecule has 6 nitrogen and oxygen atoms in total. The summed E-state index contributed by atoms with van der Waals surface area (Å²) in [6.07, 6.45) is 0. The molecule has 0 aliphatic rings. The number of amides is 1. The Morgan fingerprint density at radius 1 is 1.38 bits per heavy atom. The third kappa shape index (κ3) is 6.65. The summed E-state index contributed by atoms with van der Waals surface area (Å²) in [5, 5.41) is 5.84. The number of hydrogen-bond donors (Lipinski definition) is 3. The van der Waals surface area contributed by atoms with E-state index < -0.39 is 0 Å². The van der Waals surface area contributed by atoms with Crippen LogP contribution in [0.15, 0.2) is 29.3 Å². The van der Waals surface area contributed by atoms with Gasteiger partial charge in [0, 0.05) is 17.6 Å². The zero-order valence-corrected chi connectivity index (χ0v) is 13.1. The van der Waals surface area contributed by atoms with Gasteiger partial charge in [0.2, 0.25) is 0 Å². The molecule has 0 heterocycles. The number of guanidine groups is 1. The van der Waals surface area contributed by atoms with Gasteiger partial charge in [0.1, 0.15) is 5.75 Å². The highest BCUT2D eigenvalue weighted by Gasteiger charge is 2.09. The first-order valence-corrected chi connectivity index (χ1v) is 6.82. The molecule has 0 spiro atoms. The number of carbonyl (C=O) groups excluding carboxylic acids is 1. The normalized spacial score (nSPS) is 11.9. The molecule has 6 heteroatoms. The molecule has 1 rings (SSSR count). The molecule has 0 saturated carbocycles. The van der Waals surface area contributed by atoms with Crippen LogP contribution in [0.3, 0.4) is 0 Å². The number of aliphatic imine (C=N–C) groups is 1.